The van der Waals surface area contributed by atoms with Gasteiger partial charge in [0.25, 0.3) is 0 Å². The second kappa shape index (κ2) is 15.9. The third-order valence-electron chi connectivity index (χ3n) is 2.88. The van der Waals surface area contributed by atoms with Gasteiger partial charge in [0.05, 0.1) is 0 Å². The van der Waals surface area contributed by atoms with Gasteiger partial charge in [0.15, 0.2) is 0 Å². The van der Waals surface area contributed by atoms with Gasteiger partial charge in [-0.2, -0.15) is 0 Å². The van der Waals surface area contributed by atoms with E-state index in [1.54, 1.807) is 6.08 Å². The van der Waals surface area contributed by atoms with Crippen LogP contribution in [0.1, 0.15) is 64.7 Å². The lowest BCUT2D eigenvalue weighted by molar-refractivity contribution is -0.104. The summed E-state index contributed by atoms with van der Waals surface area (Å²) in [6.07, 6.45) is 24.3. The van der Waals surface area contributed by atoms with Crippen molar-refractivity contribution in [3.8, 4) is 0 Å². The van der Waals surface area contributed by atoms with E-state index >= 15 is 0 Å². The highest BCUT2D eigenvalue weighted by molar-refractivity contribution is 5.65. The highest BCUT2D eigenvalue weighted by atomic mass is 16.1. The molecule has 0 amide bonds. The molecule has 0 aliphatic heterocycles. The van der Waals surface area contributed by atoms with Crippen LogP contribution in [0.5, 0.6) is 0 Å². The molecule has 0 atom stereocenters. The van der Waals surface area contributed by atoms with Crippen LogP contribution in [-0.4, -0.2) is 6.29 Å². The fourth-order valence-electron chi connectivity index (χ4n) is 1.81. The van der Waals surface area contributed by atoms with Crippen LogP contribution in [0.4, 0.5) is 0 Å². The molecule has 0 aliphatic rings. The fourth-order valence-corrected chi connectivity index (χ4v) is 1.81. The van der Waals surface area contributed by atoms with E-state index in [2.05, 4.69) is 19.1 Å². The number of aldehydes is 1. The molecule has 0 saturated carbocycles. The molecular formula is C17H28O. The molecule has 1 heteroatoms. The zero-order valence-corrected chi connectivity index (χ0v) is 11.8. The summed E-state index contributed by atoms with van der Waals surface area (Å²) in [6.45, 7) is 2.26. The molecule has 0 unspecified atom stereocenters. The zero-order valence-electron chi connectivity index (χ0n) is 11.8. The first kappa shape index (κ1) is 16.9. The molecule has 0 bridgehead atoms. The third kappa shape index (κ3) is 14.9. The Morgan fingerprint density at radius 1 is 0.667 bits per heavy atom. The van der Waals surface area contributed by atoms with E-state index < -0.39 is 0 Å². The smallest absolute Gasteiger partial charge is 0.142 e. The quantitative estimate of drug-likeness (QED) is 0.196. The molecule has 0 aromatic rings. The lowest BCUT2D eigenvalue weighted by Crippen LogP contribution is -1.79. The van der Waals surface area contributed by atoms with Gasteiger partial charge in [-0.1, -0.05) is 82.2 Å². The van der Waals surface area contributed by atoms with Crippen LogP contribution in [0.15, 0.2) is 36.5 Å². The van der Waals surface area contributed by atoms with Crippen molar-refractivity contribution in [2.24, 2.45) is 0 Å². The van der Waals surface area contributed by atoms with Gasteiger partial charge in [-0.05, 0) is 18.9 Å². The van der Waals surface area contributed by atoms with Gasteiger partial charge in [-0.25, -0.2) is 0 Å². The van der Waals surface area contributed by atoms with Crippen molar-refractivity contribution < 1.29 is 4.79 Å². The Kier molecular flexibility index (Phi) is 14.9. The lowest BCUT2D eigenvalue weighted by atomic mass is 10.1. The molecular weight excluding hydrogens is 220 g/mol. The first-order chi connectivity index (χ1) is 8.91. The van der Waals surface area contributed by atoms with Crippen molar-refractivity contribution in [2.75, 3.05) is 0 Å². The number of rotatable bonds is 12. The normalized spacial score (nSPS) is 12.1. The summed E-state index contributed by atoms with van der Waals surface area (Å²) in [6, 6.07) is 0. The highest BCUT2D eigenvalue weighted by Gasteiger charge is 1.89. The Morgan fingerprint density at radius 3 is 1.89 bits per heavy atom. The highest BCUT2D eigenvalue weighted by Crippen LogP contribution is 2.09. The first-order valence-corrected chi connectivity index (χ1v) is 7.35. The van der Waals surface area contributed by atoms with Gasteiger partial charge < -0.3 is 0 Å². The Labute approximate surface area is 113 Å². The van der Waals surface area contributed by atoms with Gasteiger partial charge in [-0.15, -0.1) is 0 Å². The fraction of sp³-hybridized carbons (Fsp3) is 0.588. The number of unbranched alkanes of at least 4 members (excludes halogenated alkanes) is 8. The largest absolute Gasteiger partial charge is 0.299 e. The van der Waals surface area contributed by atoms with Gasteiger partial charge in [-0.3, -0.25) is 4.79 Å². The summed E-state index contributed by atoms with van der Waals surface area (Å²) in [7, 11) is 0. The minimum Gasteiger partial charge on any atom is -0.299 e. The van der Waals surface area contributed by atoms with Gasteiger partial charge in [0.1, 0.15) is 6.29 Å². The summed E-state index contributed by atoms with van der Waals surface area (Å²) in [5.74, 6) is 0. The predicted molar refractivity (Wildman–Crippen MR) is 80.7 cm³/mol. The van der Waals surface area contributed by atoms with Crippen molar-refractivity contribution in [1.29, 1.82) is 0 Å². The molecule has 0 spiro atoms. The van der Waals surface area contributed by atoms with Crippen molar-refractivity contribution in [3.05, 3.63) is 36.5 Å². The standard InChI is InChI=1S/C17H28O/c1-2-3-4-5-6-7-8-9-10-11-12-13-14-15-16-17-18/h11-17H,2-10H2,1H3/b12-11-,14-13+,16-15?. The van der Waals surface area contributed by atoms with Crippen LogP contribution in [0.2, 0.25) is 0 Å². The molecule has 0 radical (unpaired) electrons. The van der Waals surface area contributed by atoms with E-state index in [0.29, 0.717) is 0 Å². The maximum atomic E-state index is 9.98. The molecule has 18 heavy (non-hydrogen) atoms. The molecule has 0 heterocycles. The minimum absolute atomic E-state index is 0.786. The Hall–Kier alpha value is -1.11. The lowest BCUT2D eigenvalue weighted by Gasteiger charge is -1.99. The van der Waals surface area contributed by atoms with Gasteiger partial charge >= 0.3 is 0 Å². The van der Waals surface area contributed by atoms with Gasteiger partial charge in [0, 0.05) is 0 Å². The van der Waals surface area contributed by atoms with Crippen molar-refractivity contribution >= 4 is 6.29 Å². The van der Waals surface area contributed by atoms with Crippen LogP contribution in [-0.2, 0) is 4.79 Å². The number of allylic oxidation sites excluding steroid dienone is 6. The minimum atomic E-state index is 0.786. The molecule has 0 aliphatic carbocycles. The van der Waals surface area contributed by atoms with E-state index in [9.17, 15) is 4.79 Å². The topological polar surface area (TPSA) is 17.1 Å². The molecule has 0 fully saturated rings. The van der Waals surface area contributed by atoms with E-state index in [1.807, 2.05) is 12.2 Å². The summed E-state index contributed by atoms with van der Waals surface area (Å²) >= 11 is 0. The molecule has 1 nitrogen and oxygen atoms in total. The molecule has 0 N–H and O–H groups in total. The SMILES string of the molecule is CCCCCCCCCC/C=C\C=C\C=CC=O. The Bertz CT molecular complexity index is 248. The predicted octanol–water partition coefficient (Wildman–Crippen LogP) is 5.38. The van der Waals surface area contributed by atoms with Crippen molar-refractivity contribution in [3.63, 3.8) is 0 Å². The molecule has 0 aromatic heterocycles. The van der Waals surface area contributed by atoms with Crippen LogP contribution in [0.25, 0.3) is 0 Å². The monoisotopic (exact) mass is 248 g/mol. The average Bonchev–Trinajstić information content (AvgIpc) is 2.39. The second-order valence-electron chi connectivity index (χ2n) is 4.60. The molecule has 0 aromatic carbocycles. The zero-order chi connectivity index (χ0) is 13.3. The summed E-state index contributed by atoms with van der Waals surface area (Å²) in [4.78, 5) is 9.98. The van der Waals surface area contributed by atoms with E-state index in [0.717, 1.165) is 12.7 Å². The Morgan fingerprint density at radius 2 is 1.22 bits per heavy atom. The van der Waals surface area contributed by atoms with Crippen molar-refractivity contribution in [2.45, 2.75) is 64.7 Å². The van der Waals surface area contributed by atoms with Crippen LogP contribution >= 0.6 is 0 Å². The maximum absolute atomic E-state index is 9.98. The third-order valence-corrected chi connectivity index (χ3v) is 2.88. The van der Waals surface area contributed by atoms with Crippen LogP contribution in [0.3, 0.4) is 0 Å². The number of hydrogen-bond donors (Lipinski definition) is 0. The van der Waals surface area contributed by atoms with E-state index in [-0.39, 0.29) is 0 Å². The maximum Gasteiger partial charge on any atom is 0.142 e. The average molecular weight is 248 g/mol. The van der Waals surface area contributed by atoms with Crippen LogP contribution in [0, 0.1) is 0 Å². The van der Waals surface area contributed by atoms with Crippen LogP contribution < -0.4 is 0 Å². The summed E-state index contributed by atoms with van der Waals surface area (Å²) in [5, 5.41) is 0. The van der Waals surface area contributed by atoms with E-state index in [4.69, 9.17) is 0 Å². The number of carbonyl (C=O) groups excluding carboxylic acids is 1. The van der Waals surface area contributed by atoms with Crippen molar-refractivity contribution in [1.82, 2.24) is 0 Å². The first-order valence-electron chi connectivity index (χ1n) is 7.35. The number of hydrogen-bond acceptors (Lipinski definition) is 1. The molecule has 102 valence electrons. The van der Waals surface area contributed by atoms with E-state index in [1.165, 1.54) is 57.4 Å². The Balaban J connectivity index is 3.19. The summed E-state index contributed by atoms with van der Waals surface area (Å²) in [5.41, 5.74) is 0. The second-order valence-corrected chi connectivity index (χ2v) is 4.60. The molecule has 0 rings (SSSR count). The molecule has 0 saturated heterocycles. The van der Waals surface area contributed by atoms with Gasteiger partial charge in [0.2, 0.25) is 0 Å². The summed E-state index contributed by atoms with van der Waals surface area (Å²) < 4.78 is 0. The number of carbonyl (C=O) groups is 1.